The van der Waals surface area contributed by atoms with Gasteiger partial charge in [0, 0.05) is 6.04 Å². The van der Waals surface area contributed by atoms with Crippen molar-refractivity contribution in [1.82, 2.24) is 5.32 Å². The lowest BCUT2D eigenvalue weighted by Crippen LogP contribution is -2.23. The molecular formula is C11H16FNO. The molecule has 0 fully saturated rings. The normalized spacial score (nSPS) is 15.1. The number of aliphatic hydroxyl groups is 1. The van der Waals surface area contributed by atoms with Gasteiger partial charge in [0.15, 0.2) is 0 Å². The molecule has 0 spiro atoms. The van der Waals surface area contributed by atoms with Crippen LogP contribution in [0.1, 0.15) is 25.0 Å². The van der Waals surface area contributed by atoms with Gasteiger partial charge in [0.1, 0.15) is 5.82 Å². The van der Waals surface area contributed by atoms with E-state index in [0.717, 1.165) is 5.56 Å². The molecule has 0 aliphatic rings. The van der Waals surface area contributed by atoms with Gasteiger partial charge in [-0.3, -0.25) is 0 Å². The van der Waals surface area contributed by atoms with Gasteiger partial charge in [-0.05, 0) is 38.1 Å². The molecule has 1 aromatic carbocycles. The number of rotatable bonds is 4. The maximum Gasteiger partial charge on any atom is 0.123 e. The van der Waals surface area contributed by atoms with Crippen molar-refractivity contribution in [3.05, 3.63) is 35.6 Å². The summed E-state index contributed by atoms with van der Waals surface area (Å²) < 4.78 is 12.6. The molecule has 2 nitrogen and oxygen atoms in total. The van der Waals surface area contributed by atoms with Crippen molar-refractivity contribution in [1.29, 1.82) is 0 Å². The van der Waals surface area contributed by atoms with E-state index in [1.807, 2.05) is 14.0 Å². The third-order valence-corrected chi connectivity index (χ3v) is 2.32. The van der Waals surface area contributed by atoms with Crippen molar-refractivity contribution in [3.8, 4) is 0 Å². The van der Waals surface area contributed by atoms with Crippen molar-refractivity contribution < 1.29 is 9.50 Å². The molecule has 78 valence electrons. The molecule has 0 saturated heterocycles. The third-order valence-electron chi connectivity index (χ3n) is 2.32. The van der Waals surface area contributed by atoms with E-state index in [1.165, 1.54) is 12.1 Å². The molecule has 3 heteroatoms. The van der Waals surface area contributed by atoms with Crippen LogP contribution in [-0.4, -0.2) is 18.2 Å². The van der Waals surface area contributed by atoms with Gasteiger partial charge in [0.25, 0.3) is 0 Å². The van der Waals surface area contributed by atoms with Crippen LogP contribution in [0, 0.1) is 5.82 Å². The maximum absolute atomic E-state index is 12.6. The number of nitrogens with one attached hydrogen (secondary N) is 1. The SMILES string of the molecule is CNC(C)CC(O)c1ccc(F)cc1. The predicted molar refractivity (Wildman–Crippen MR) is 54.5 cm³/mol. The minimum Gasteiger partial charge on any atom is -0.388 e. The lowest BCUT2D eigenvalue weighted by Gasteiger charge is -2.15. The first-order valence-corrected chi connectivity index (χ1v) is 4.74. The van der Waals surface area contributed by atoms with E-state index in [0.29, 0.717) is 6.42 Å². The fourth-order valence-electron chi connectivity index (χ4n) is 1.27. The Morgan fingerprint density at radius 2 is 1.93 bits per heavy atom. The molecule has 0 amide bonds. The van der Waals surface area contributed by atoms with E-state index >= 15 is 0 Å². The molecule has 0 heterocycles. The Labute approximate surface area is 83.8 Å². The van der Waals surface area contributed by atoms with E-state index in [9.17, 15) is 9.50 Å². The van der Waals surface area contributed by atoms with Crippen LogP contribution in [0.4, 0.5) is 4.39 Å². The summed E-state index contributed by atoms with van der Waals surface area (Å²) in [4.78, 5) is 0. The van der Waals surface area contributed by atoms with Crippen LogP contribution >= 0.6 is 0 Å². The van der Waals surface area contributed by atoms with E-state index in [2.05, 4.69) is 5.32 Å². The number of hydrogen-bond donors (Lipinski definition) is 2. The van der Waals surface area contributed by atoms with Gasteiger partial charge in [0.05, 0.1) is 6.10 Å². The first-order valence-electron chi connectivity index (χ1n) is 4.74. The fraction of sp³-hybridized carbons (Fsp3) is 0.455. The molecule has 0 bridgehead atoms. The van der Waals surface area contributed by atoms with E-state index in [-0.39, 0.29) is 11.9 Å². The molecule has 2 atom stereocenters. The minimum absolute atomic E-state index is 0.245. The van der Waals surface area contributed by atoms with Gasteiger partial charge in [-0.15, -0.1) is 0 Å². The van der Waals surface area contributed by atoms with E-state index in [1.54, 1.807) is 12.1 Å². The summed E-state index contributed by atoms with van der Waals surface area (Å²) in [5.74, 6) is -0.275. The zero-order valence-electron chi connectivity index (χ0n) is 8.50. The highest BCUT2D eigenvalue weighted by atomic mass is 19.1. The molecule has 0 aromatic heterocycles. The summed E-state index contributed by atoms with van der Waals surface area (Å²) in [6.07, 6.45) is 0.0975. The highest BCUT2D eigenvalue weighted by Gasteiger charge is 2.10. The first kappa shape index (κ1) is 11.1. The Kier molecular flexibility index (Phi) is 4.04. The van der Waals surface area contributed by atoms with Crippen LogP contribution in [0.25, 0.3) is 0 Å². The van der Waals surface area contributed by atoms with Crippen LogP contribution in [-0.2, 0) is 0 Å². The molecule has 0 saturated carbocycles. The van der Waals surface area contributed by atoms with E-state index in [4.69, 9.17) is 0 Å². The Morgan fingerprint density at radius 3 is 2.43 bits per heavy atom. The number of halogens is 1. The van der Waals surface area contributed by atoms with Crippen LogP contribution in [0.15, 0.2) is 24.3 Å². The van der Waals surface area contributed by atoms with Gasteiger partial charge in [-0.1, -0.05) is 12.1 Å². The summed E-state index contributed by atoms with van der Waals surface area (Å²) in [6.45, 7) is 1.99. The largest absolute Gasteiger partial charge is 0.388 e. The quantitative estimate of drug-likeness (QED) is 0.772. The summed E-state index contributed by atoms with van der Waals surface area (Å²) in [5, 5.41) is 12.8. The standard InChI is InChI=1S/C11H16FNO/c1-8(13-2)7-11(14)9-3-5-10(12)6-4-9/h3-6,8,11,13-14H,7H2,1-2H3. The number of benzene rings is 1. The average Bonchev–Trinajstić information content (AvgIpc) is 2.18. The Morgan fingerprint density at radius 1 is 1.36 bits per heavy atom. The predicted octanol–water partition coefficient (Wildman–Crippen LogP) is 1.86. The summed E-state index contributed by atoms with van der Waals surface area (Å²) in [5.41, 5.74) is 0.758. The lowest BCUT2D eigenvalue weighted by molar-refractivity contribution is 0.155. The smallest absolute Gasteiger partial charge is 0.123 e. The molecule has 1 rings (SSSR count). The Balaban J connectivity index is 2.60. The van der Waals surface area contributed by atoms with Crippen LogP contribution in [0.5, 0.6) is 0 Å². The van der Waals surface area contributed by atoms with Crippen molar-refractivity contribution in [2.75, 3.05) is 7.05 Å². The number of aliphatic hydroxyl groups excluding tert-OH is 1. The van der Waals surface area contributed by atoms with Gasteiger partial charge in [-0.2, -0.15) is 0 Å². The first-order chi connectivity index (χ1) is 6.63. The monoisotopic (exact) mass is 197 g/mol. The van der Waals surface area contributed by atoms with Gasteiger partial charge in [-0.25, -0.2) is 4.39 Å². The van der Waals surface area contributed by atoms with Gasteiger partial charge >= 0.3 is 0 Å². The minimum atomic E-state index is -0.530. The summed E-state index contributed by atoms with van der Waals surface area (Å²) in [7, 11) is 1.85. The summed E-state index contributed by atoms with van der Waals surface area (Å²) in [6, 6.07) is 6.20. The lowest BCUT2D eigenvalue weighted by atomic mass is 10.0. The second-order valence-electron chi connectivity index (χ2n) is 3.49. The molecular weight excluding hydrogens is 181 g/mol. The van der Waals surface area contributed by atoms with Crippen molar-refractivity contribution in [3.63, 3.8) is 0 Å². The van der Waals surface area contributed by atoms with Crippen LogP contribution < -0.4 is 5.32 Å². The molecule has 14 heavy (non-hydrogen) atoms. The Hall–Kier alpha value is -0.930. The Bertz CT molecular complexity index is 273. The van der Waals surface area contributed by atoms with Gasteiger partial charge in [0.2, 0.25) is 0 Å². The third kappa shape index (κ3) is 3.09. The summed E-state index contributed by atoms with van der Waals surface area (Å²) >= 11 is 0. The van der Waals surface area contributed by atoms with Crippen LogP contribution in [0.2, 0.25) is 0 Å². The van der Waals surface area contributed by atoms with E-state index < -0.39 is 6.10 Å². The highest BCUT2D eigenvalue weighted by Crippen LogP contribution is 2.18. The zero-order chi connectivity index (χ0) is 10.6. The molecule has 2 unspecified atom stereocenters. The molecule has 0 aliphatic carbocycles. The van der Waals surface area contributed by atoms with Crippen molar-refractivity contribution in [2.24, 2.45) is 0 Å². The van der Waals surface area contributed by atoms with Gasteiger partial charge < -0.3 is 10.4 Å². The molecule has 0 radical (unpaired) electrons. The molecule has 0 aliphatic heterocycles. The highest BCUT2D eigenvalue weighted by molar-refractivity contribution is 5.18. The van der Waals surface area contributed by atoms with Crippen molar-refractivity contribution in [2.45, 2.75) is 25.5 Å². The zero-order valence-corrected chi connectivity index (χ0v) is 8.50. The molecule has 1 aromatic rings. The second-order valence-corrected chi connectivity index (χ2v) is 3.49. The maximum atomic E-state index is 12.6. The average molecular weight is 197 g/mol. The fourth-order valence-corrected chi connectivity index (χ4v) is 1.27. The topological polar surface area (TPSA) is 32.3 Å². The van der Waals surface area contributed by atoms with Crippen molar-refractivity contribution >= 4 is 0 Å². The van der Waals surface area contributed by atoms with Crippen LogP contribution in [0.3, 0.4) is 0 Å². The molecule has 2 N–H and O–H groups in total. The second kappa shape index (κ2) is 5.08. The number of hydrogen-bond acceptors (Lipinski definition) is 2.